The molecule has 2 heterocycles. The van der Waals surface area contributed by atoms with Crippen LogP contribution >= 0.6 is 0 Å². The molecule has 0 radical (unpaired) electrons. The molecule has 0 unspecified atom stereocenters. The molecular weight excluding hydrogens is 360 g/mol. The van der Waals surface area contributed by atoms with Crippen LogP contribution < -0.4 is 0 Å². The lowest BCUT2D eigenvalue weighted by Gasteiger charge is -2.28. The highest BCUT2D eigenvalue weighted by atomic mass is 16.3. The number of rotatable bonds is 7. The van der Waals surface area contributed by atoms with Crippen molar-refractivity contribution in [3.63, 3.8) is 0 Å². The smallest absolute Gasteiger partial charge is 0.290 e. The quantitative estimate of drug-likeness (QED) is 0.423. The zero-order chi connectivity index (χ0) is 20.1. The van der Waals surface area contributed by atoms with E-state index in [9.17, 15) is 4.79 Å². The molecule has 0 saturated heterocycles. The third-order valence-corrected chi connectivity index (χ3v) is 5.18. The summed E-state index contributed by atoms with van der Waals surface area (Å²) in [5, 5.41) is 0.936. The van der Waals surface area contributed by atoms with Gasteiger partial charge in [0.1, 0.15) is 5.58 Å². The average molecular weight is 384 g/mol. The Labute approximate surface area is 170 Å². The largest absolute Gasteiger partial charge is 0.451 e. The maximum absolute atomic E-state index is 13.4. The van der Waals surface area contributed by atoms with E-state index in [0.29, 0.717) is 12.3 Å². The van der Waals surface area contributed by atoms with Crippen LogP contribution in [0.15, 0.2) is 89.5 Å². The summed E-state index contributed by atoms with van der Waals surface area (Å²) in [7, 11) is 0. The summed E-state index contributed by atoms with van der Waals surface area (Å²) < 4.78 is 5.85. The van der Waals surface area contributed by atoms with Crippen LogP contribution in [0.2, 0.25) is 0 Å². The third kappa shape index (κ3) is 4.54. The van der Waals surface area contributed by atoms with Crippen LogP contribution in [0.3, 0.4) is 0 Å². The normalized spacial score (nSPS) is 12.0. The summed E-state index contributed by atoms with van der Waals surface area (Å²) in [4.78, 5) is 19.7. The number of carbonyl (C=O) groups is 1. The fraction of sp³-hybridized carbons (Fsp3) is 0.200. The highest BCUT2D eigenvalue weighted by molar-refractivity contribution is 5.96. The molecule has 2 aromatic heterocycles. The number of pyridine rings is 1. The lowest BCUT2D eigenvalue weighted by molar-refractivity contribution is 0.0634. The van der Waals surface area contributed by atoms with Gasteiger partial charge in [-0.15, -0.1) is 0 Å². The number of benzene rings is 2. The second-order valence-corrected chi connectivity index (χ2v) is 7.28. The molecule has 0 bridgehead atoms. The van der Waals surface area contributed by atoms with E-state index in [4.69, 9.17) is 4.42 Å². The summed E-state index contributed by atoms with van der Waals surface area (Å²) in [6.45, 7) is 2.54. The molecule has 29 heavy (non-hydrogen) atoms. The van der Waals surface area contributed by atoms with Crippen LogP contribution in [0, 0.1) is 0 Å². The van der Waals surface area contributed by atoms with Crippen molar-refractivity contribution < 1.29 is 9.21 Å². The van der Waals surface area contributed by atoms with Crippen molar-refractivity contribution in [2.45, 2.75) is 32.4 Å². The molecule has 0 spiro atoms. The zero-order valence-electron chi connectivity index (χ0n) is 16.5. The molecule has 0 aliphatic rings. The van der Waals surface area contributed by atoms with Gasteiger partial charge in [0.25, 0.3) is 5.91 Å². The molecule has 2 aromatic carbocycles. The lowest BCUT2D eigenvalue weighted by Crippen LogP contribution is -2.38. The Morgan fingerprint density at radius 1 is 1.00 bits per heavy atom. The van der Waals surface area contributed by atoms with Gasteiger partial charge in [0.15, 0.2) is 5.76 Å². The molecule has 4 rings (SSSR count). The zero-order valence-corrected chi connectivity index (χ0v) is 16.5. The minimum Gasteiger partial charge on any atom is -0.451 e. The number of aromatic nitrogens is 1. The second kappa shape index (κ2) is 8.74. The highest BCUT2D eigenvalue weighted by Crippen LogP contribution is 2.22. The van der Waals surface area contributed by atoms with Gasteiger partial charge in [-0.1, -0.05) is 54.6 Å². The van der Waals surface area contributed by atoms with Crippen molar-refractivity contribution in [1.82, 2.24) is 9.88 Å². The standard InChI is InChI=1S/C25H24N2O2/c1-19(14-15-20-9-3-2-4-10-20)27(18-22-12-7-8-16-26-22)25(28)24-17-21-11-5-6-13-23(21)29-24/h2-13,16-17,19H,14-15,18H2,1H3/t19-/m1/s1. The van der Waals surface area contributed by atoms with E-state index in [1.807, 2.05) is 71.6 Å². The van der Waals surface area contributed by atoms with E-state index < -0.39 is 0 Å². The first-order valence-electron chi connectivity index (χ1n) is 9.94. The number of nitrogens with zero attached hydrogens (tertiary/aromatic N) is 2. The number of hydrogen-bond acceptors (Lipinski definition) is 3. The molecule has 4 nitrogen and oxygen atoms in total. The highest BCUT2D eigenvalue weighted by Gasteiger charge is 2.25. The Bertz CT molecular complexity index is 1040. The summed E-state index contributed by atoms with van der Waals surface area (Å²) in [6, 6.07) is 25.7. The van der Waals surface area contributed by atoms with Gasteiger partial charge in [0.05, 0.1) is 12.2 Å². The minimum absolute atomic E-state index is 0.0397. The number of fused-ring (bicyclic) bond motifs is 1. The number of aryl methyl sites for hydroxylation is 1. The van der Waals surface area contributed by atoms with Crippen molar-refractivity contribution in [3.8, 4) is 0 Å². The number of carbonyl (C=O) groups excluding carboxylic acids is 1. The number of amides is 1. The summed E-state index contributed by atoms with van der Waals surface area (Å²) >= 11 is 0. The van der Waals surface area contributed by atoms with E-state index in [1.54, 1.807) is 6.20 Å². The summed E-state index contributed by atoms with van der Waals surface area (Å²) in [5.74, 6) is 0.265. The van der Waals surface area contributed by atoms with E-state index in [0.717, 1.165) is 29.5 Å². The van der Waals surface area contributed by atoms with E-state index in [-0.39, 0.29) is 11.9 Å². The summed E-state index contributed by atoms with van der Waals surface area (Å²) in [5.41, 5.74) is 2.86. The monoisotopic (exact) mass is 384 g/mol. The van der Waals surface area contributed by atoms with Crippen LogP contribution in [0.5, 0.6) is 0 Å². The van der Waals surface area contributed by atoms with Crippen molar-refractivity contribution in [1.29, 1.82) is 0 Å². The van der Waals surface area contributed by atoms with E-state index in [2.05, 4.69) is 24.0 Å². The van der Waals surface area contributed by atoms with Gasteiger partial charge in [-0.25, -0.2) is 0 Å². The number of hydrogen-bond donors (Lipinski definition) is 0. The van der Waals surface area contributed by atoms with Gasteiger partial charge in [-0.3, -0.25) is 9.78 Å². The molecule has 0 N–H and O–H groups in total. The van der Waals surface area contributed by atoms with Crippen LogP contribution in [-0.4, -0.2) is 21.8 Å². The van der Waals surface area contributed by atoms with Gasteiger partial charge < -0.3 is 9.32 Å². The lowest BCUT2D eigenvalue weighted by atomic mass is 10.0. The molecule has 0 aliphatic heterocycles. The number of furan rings is 1. The van der Waals surface area contributed by atoms with Gasteiger partial charge >= 0.3 is 0 Å². The van der Waals surface area contributed by atoms with Gasteiger partial charge in [0.2, 0.25) is 0 Å². The third-order valence-electron chi connectivity index (χ3n) is 5.18. The SMILES string of the molecule is C[C@H](CCc1ccccc1)N(Cc1ccccn1)C(=O)c1cc2ccccc2o1. The molecule has 4 aromatic rings. The predicted molar refractivity (Wildman–Crippen MR) is 115 cm³/mol. The first-order valence-corrected chi connectivity index (χ1v) is 9.94. The van der Waals surface area contributed by atoms with Crippen molar-refractivity contribution in [3.05, 3.63) is 102 Å². The van der Waals surface area contributed by atoms with Crippen molar-refractivity contribution >= 4 is 16.9 Å². The molecule has 0 aliphatic carbocycles. The molecule has 146 valence electrons. The minimum atomic E-state index is -0.104. The van der Waals surface area contributed by atoms with E-state index >= 15 is 0 Å². The van der Waals surface area contributed by atoms with Gasteiger partial charge in [-0.2, -0.15) is 0 Å². The molecule has 4 heteroatoms. The maximum Gasteiger partial charge on any atom is 0.290 e. The Balaban J connectivity index is 1.57. The predicted octanol–water partition coefficient (Wildman–Crippen LogP) is 5.49. The molecule has 0 saturated carbocycles. The van der Waals surface area contributed by atoms with Crippen LogP contribution in [-0.2, 0) is 13.0 Å². The molecule has 1 amide bonds. The Morgan fingerprint density at radius 2 is 1.76 bits per heavy atom. The Kier molecular flexibility index (Phi) is 5.71. The van der Waals surface area contributed by atoms with Crippen LogP contribution in [0.4, 0.5) is 0 Å². The Hall–Kier alpha value is -3.40. The van der Waals surface area contributed by atoms with E-state index in [1.165, 1.54) is 5.56 Å². The van der Waals surface area contributed by atoms with Crippen LogP contribution in [0.25, 0.3) is 11.0 Å². The number of para-hydroxylation sites is 1. The molecular formula is C25H24N2O2. The summed E-state index contributed by atoms with van der Waals surface area (Å²) in [6.07, 6.45) is 3.53. The van der Waals surface area contributed by atoms with Crippen molar-refractivity contribution in [2.24, 2.45) is 0 Å². The topological polar surface area (TPSA) is 46.3 Å². The maximum atomic E-state index is 13.4. The van der Waals surface area contributed by atoms with Gasteiger partial charge in [-0.05, 0) is 49.6 Å². The van der Waals surface area contributed by atoms with Gasteiger partial charge in [0, 0.05) is 17.6 Å². The average Bonchev–Trinajstić information content (AvgIpc) is 3.21. The Morgan fingerprint density at radius 3 is 2.52 bits per heavy atom. The van der Waals surface area contributed by atoms with Crippen molar-refractivity contribution in [2.75, 3.05) is 0 Å². The molecule has 0 fully saturated rings. The van der Waals surface area contributed by atoms with Crippen LogP contribution in [0.1, 0.15) is 35.2 Å². The first-order chi connectivity index (χ1) is 14.2. The fourth-order valence-electron chi connectivity index (χ4n) is 3.50. The second-order valence-electron chi connectivity index (χ2n) is 7.28. The molecule has 1 atom stereocenters. The first kappa shape index (κ1) is 18.9. The fourth-order valence-corrected chi connectivity index (χ4v) is 3.50.